The van der Waals surface area contributed by atoms with Gasteiger partial charge in [0, 0.05) is 13.2 Å². The number of hydrogen-bond acceptors (Lipinski definition) is 3. The molecule has 0 rings (SSSR count). The summed E-state index contributed by atoms with van der Waals surface area (Å²) in [7, 11) is 0. The van der Waals surface area contributed by atoms with E-state index < -0.39 is 5.60 Å². The van der Waals surface area contributed by atoms with Gasteiger partial charge in [-0.1, -0.05) is 0 Å². The van der Waals surface area contributed by atoms with E-state index in [0.717, 1.165) is 0 Å². The topological polar surface area (TPSA) is 41.5 Å². The molecule has 0 bridgehead atoms. The zero-order chi connectivity index (χ0) is 8.91. The van der Waals surface area contributed by atoms with E-state index in [1.165, 1.54) is 0 Å². The molecule has 1 unspecified atom stereocenters. The fraction of sp³-hybridized carbons (Fsp3) is 1.00. The summed E-state index contributed by atoms with van der Waals surface area (Å²) in [6, 6.07) is 0. The molecule has 0 fully saturated rings. The van der Waals surface area contributed by atoms with Crippen molar-refractivity contribution in [1.82, 2.24) is 5.32 Å². The molecule has 0 saturated carbocycles. The average Bonchev–Trinajstić information content (AvgIpc) is 1.83. The van der Waals surface area contributed by atoms with Crippen molar-refractivity contribution >= 4 is 0 Å². The molecule has 0 aliphatic heterocycles. The molecule has 0 aliphatic carbocycles. The van der Waals surface area contributed by atoms with Gasteiger partial charge in [0.1, 0.15) is 6.23 Å². The fourth-order valence-electron chi connectivity index (χ4n) is 0.702. The number of nitrogens with one attached hydrogen (secondary N) is 1. The first-order chi connectivity index (χ1) is 4.95. The highest BCUT2D eigenvalue weighted by Crippen LogP contribution is 1.98. The van der Waals surface area contributed by atoms with Crippen LogP contribution in [-0.4, -0.2) is 30.1 Å². The maximum Gasteiger partial charge on any atom is 0.105 e. The number of ether oxygens (including phenoxy) is 1. The van der Waals surface area contributed by atoms with Gasteiger partial charge in [-0.2, -0.15) is 0 Å². The zero-order valence-corrected chi connectivity index (χ0v) is 7.85. The molecule has 0 radical (unpaired) electrons. The lowest BCUT2D eigenvalue weighted by atomic mass is 10.1. The number of hydrogen-bond donors (Lipinski definition) is 2. The van der Waals surface area contributed by atoms with Crippen LogP contribution in [0.2, 0.25) is 0 Å². The first-order valence-electron chi connectivity index (χ1n) is 4.03. The highest BCUT2D eigenvalue weighted by atomic mass is 16.5. The molecular weight excluding hydrogens is 142 g/mol. The van der Waals surface area contributed by atoms with Crippen LogP contribution in [0.25, 0.3) is 0 Å². The molecule has 0 aromatic rings. The monoisotopic (exact) mass is 161 g/mol. The van der Waals surface area contributed by atoms with Gasteiger partial charge in [0.15, 0.2) is 0 Å². The summed E-state index contributed by atoms with van der Waals surface area (Å²) in [5.74, 6) is 0. The Hall–Kier alpha value is -0.120. The van der Waals surface area contributed by atoms with Gasteiger partial charge in [0.2, 0.25) is 0 Å². The lowest BCUT2D eigenvalue weighted by molar-refractivity contribution is 0.0189. The summed E-state index contributed by atoms with van der Waals surface area (Å²) < 4.78 is 5.22. The summed E-state index contributed by atoms with van der Waals surface area (Å²) >= 11 is 0. The Kier molecular flexibility index (Phi) is 4.65. The highest BCUT2D eigenvalue weighted by Gasteiger charge is 2.12. The minimum atomic E-state index is -0.661. The third-order valence-corrected chi connectivity index (χ3v) is 1.24. The van der Waals surface area contributed by atoms with E-state index in [2.05, 4.69) is 5.32 Å². The van der Waals surface area contributed by atoms with E-state index in [1.54, 1.807) is 13.8 Å². The van der Waals surface area contributed by atoms with Crippen LogP contribution in [0.1, 0.15) is 27.7 Å². The van der Waals surface area contributed by atoms with Crippen molar-refractivity contribution in [3.63, 3.8) is 0 Å². The van der Waals surface area contributed by atoms with E-state index in [-0.39, 0.29) is 6.23 Å². The van der Waals surface area contributed by atoms with Crippen molar-refractivity contribution in [2.45, 2.75) is 39.5 Å². The third-order valence-electron chi connectivity index (χ3n) is 1.24. The summed E-state index contributed by atoms with van der Waals surface area (Å²) in [5, 5.41) is 12.4. The second-order valence-electron chi connectivity index (χ2n) is 3.29. The molecule has 68 valence electrons. The fourth-order valence-corrected chi connectivity index (χ4v) is 0.702. The largest absolute Gasteiger partial charge is 0.389 e. The van der Waals surface area contributed by atoms with Crippen molar-refractivity contribution in [1.29, 1.82) is 0 Å². The Labute approximate surface area is 68.8 Å². The van der Waals surface area contributed by atoms with Gasteiger partial charge in [-0.05, 0) is 27.7 Å². The number of rotatable bonds is 5. The third kappa shape index (κ3) is 7.78. The van der Waals surface area contributed by atoms with Gasteiger partial charge in [0.25, 0.3) is 0 Å². The zero-order valence-electron chi connectivity index (χ0n) is 7.85. The Morgan fingerprint density at radius 3 is 2.45 bits per heavy atom. The van der Waals surface area contributed by atoms with Crippen LogP contribution in [-0.2, 0) is 4.74 Å². The van der Waals surface area contributed by atoms with Crippen LogP contribution >= 0.6 is 0 Å². The molecule has 2 N–H and O–H groups in total. The van der Waals surface area contributed by atoms with Crippen molar-refractivity contribution in [3.8, 4) is 0 Å². The van der Waals surface area contributed by atoms with E-state index in [1.807, 2.05) is 13.8 Å². The van der Waals surface area contributed by atoms with Gasteiger partial charge in [-0.15, -0.1) is 0 Å². The average molecular weight is 161 g/mol. The molecule has 1 atom stereocenters. The Morgan fingerprint density at radius 1 is 1.55 bits per heavy atom. The van der Waals surface area contributed by atoms with Crippen molar-refractivity contribution in [2.75, 3.05) is 13.2 Å². The maximum absolute atomic E-state index is 9.32. The lowest BCUT2D eigenvalue weighted by Gasteiger charge is -2.21. The summed E-state index contributed by atoms with van der Waals surface area (Å²) in [5.41, 5.74) is -0.661. The molecule has 0 aromatic carbocycles. The molecular formula is C8H19NO2. The first kappa shape index (κ1) is 10.9. The van der Waals surface area contributed by atoms with Crippen molar-refractivity contribution in [3.05, 3.63) is 0 Å². The lowest BCUT2D eigenvalue weighted by Crippen LogP contribution is -2.40. The molecule has 3 heteroatoms. The second-order valence-corrected chi connectivity index (χ2v) is 3.29. The predicted octanol–water partition coefficient (Wildman–Crippen LogP) is 0.729. The van der Waals surface area contributed by atoms with Crippen molar-refractivity contribution in [2.24, 2.45) is 0 Å². The van der Waals surface area contributed by atoms with Crippen LogP contribution in [0.15, 0.2) is 0 Å². The van der Waals surface area contributed by atoms with Crippen LogP contribution < -0.4 is 5.32 Å². The Morgan fingerprint density at radius 2 is 2.09 bits per heavy atom. The van der Waals surface area contributed by atoms with Crippen LogP contribution in [0.5, 0.6) is 0 Å². The molecule has 0 spiro atoms. The van der Waals surface area contributed by atoms with Crippen LogP contribution in [0.4, 0.5) is 0 Å². The van der Waals surface area contributed by atoms with E-state index in [4.69, 9.17) is 4.74 Å². The molecule has 0 amide bonds. The highest BCUT2D eigenvalue weighted by molar-refractivity contribution is 4.68. The van der Waals surface area contributed by atoms with Gasteiger partial charge in [-0.3, -0.25) is 5.32 Å². The molecule has 0 aliphatic rings. The predicted molar refractivity (Wildman–Crippen MR) is 45.4 cm³/mol. The summed E-state index contributed by atoms with van der Waals surface area (Å²) in [6.45, 7) is 8.64. The maximum atomic E-state index is 9.32. The van der Waals surface area contributed by atoms with Gasteiger partial charge < -0.3 is 9.84 Å². The molecule has 0 saturated heterocycles. The minimum Gasteiger partial charge on any atom is -0.389 e. The van der Waals surface area contributed by atoms with Gasteiger partial charge in [0.05, 0.1) is 5.60 Å². The van der Waals surface area contributed by atoms with Crippen LogP contribution in [0, 0.1) is 0 Å². The molecule has 0 heterocycles. The molecule has 11 heavy (non-hydrogen) atoms. The smallest absolute Gasteiger partial charge is 0.105 e. The van der Waals surface area contributed by atoms with Crippen molar-refractivity contribution < 1.29 is 9.84 Å². The van der Waals surface area contributed by atoms with Gasteiger partial charge >= 0.3 is 0 Å². The van der Waals surface area contributed by atoms with E-state index in [9.17, 15) is 5.11 Å². The van der Waals surface area contributed by atoms with E-state index in [0.29, 0.717) is 13.2 Å². The quantitative estimate of drug-likeness (QED) is 0.584. The minimum absolute atomic E-state index is 0.0198. The number of aliphatic hydroxyl groups is 1. The Balaban J connectivity index is 3.38. The molecule has 0 aromatic heterocycles. The standard InChI is InChI=1S/C8H19NO2/c1-5-11-7(2)9-6-8(3,4)10/h7,9-10H,5-6H2,1-4H3. The summed E-state index contributed by atoms with van der Waals surface area (Å²) in [4.78, 5) is 0. The normalized spacial score (nSPS) is 15.0. The second kappa shape index (κ2) is 4.70. The Bertz CT molecular complexity index is 98.8. The van der Waals surface area contributed by atoms with E-state index >= 15 is 0 Å². The van der Waals surface area contributed by atoms with Gasteiger partial charge in [-0.25, -0.2) is 0 Å². The van der Waals surface area contributed by atoms with Crippen LogP contribution in [0.3, 0.4) is 0 Å². The molecule has 3 nitrogen and oxygen atoms in total. The first-order valence-corrected chi connectivity index (χ1v) is 4.03. The summed E-state index contributed by atoms with van der Waals surface area (Å²) in [6.07, 6.45) is 0.0198. The SMILES string of the molecule is CCOC(C)NCC(C)(C)O.